The van der Waals surface area contributed by atoms with Gasteiger partial charge in [-0.3, -0.25) is 10.2 Å². The summed E-state index contributed by atoms with van der Waals surface area (Å²) in [5, 5.41) is 6.51. The summed E-state index contributed by atoms with van der Waals surface area (Å²) in [5.41, 5.74) is 6.32. The summed E-state index contributed by atoms with van der Waals surface area (Å²) in [7, 11) is 0. The molecule has 1 saturated heterocycles. The average molecular weight is 348 g/mol. The molecule has 3 atom stereocenters. The van der Waals surface area contributed by atoms with Crippen LogP contribution in [-0.2, 0) is 0 Å². The SMILES string of the molecule is CC1C(NC(=O)c2cc(-c3cc(F)ccc3F)no2)NNC1C1CC1. The van der Waals surface area contributed by atoms with Gasteiger partial charge in [0.25, 0.3) is 5.91 Å². The third-order valence-electron chi connectivity index (χ3n) is 4.85. The number of rotatable bonds is 4. The van der Waals surface area contributed by atoms with Gasteiger partial charge in [0.2, 0.25) is 5.76 Å². The van der Waals surface area contributed by atoms with Crippen LogP contribution in [0.5, 0.6) is 0 Å². The first-order valence-corrected chi connectivity index (χ1v) is 8.27. The molecule has 1 saturated carbocycles. The molecule has 2 aliphatic rings. The number of nitrogens with one attached hydrogen (secondary N) is 3. The first-order chi connectivity index (χ1) is 12.0. The number of hydrogen-bond donors (Lipinski definition) is 3. The van der Waals surface area contributed by atoms with E-state index in [0.29, 0.717) is 12.0 Å². The number of hydrogen-bond acceptors (Lipinski definition) is 5. The number of carbonyl (C=O) groups is 1. The van der Waals surface area contributed by atoms with Crippen molar-refractivity contribution in [3.63, 3.8) is 0 Å². The molecular formula is C17H18F2N4O2. The molecule has 132 valence electrons. The van der Waals surface area contributed by atoms with Crippen molar-refractivity contribution in [2.24, 2.45) is 11.8 Å². The van der Waals surface area contributed by atoms with Gasteiger partial charge in [0.05, 0.1) is 6.17 Å². The fourth-order valence-electron chi connectivity index (χ4n) is 3.24. The fraction of sp³-hybridized carbons (Fsp3) is 0.412. The minimum atomic E-state index is -0.635. The molecule has 2 aromatic rings. The van der Waals surface area contributed by atoms with E-state index in [2.05, 4.69) is 28.2 Å². The zero-order valence-corrected chi connectivity index (χ0v) is 13.6. The van der Waals surface area contributed by atoms with Crippen molar-refractivity contribution in [1.82, 2.24) is 21.3 Å². The van der Waals surface area contributed by atoms with Gasteiger partial charge < -0.3 is 9.84 Å². The number of benzene rings is 1. The molecule has 6 nitrogen and oxygen atoms in total. The number of aromatic nitrogens is 1. The van der Waals surface area contributed by atoms with Crippen LogP contribution in [-0.4, -0.2) is 23.3 Å². The lowest BCUT2D eigenvalue weighted by molar-refractivity contribution is 0.0885. The van der Waals surface area contributed by atoms with E-state index in [9.17, 15) is 13.6 Å². The Morgan fingerprint density at radius 3 is 2.84 bits per heavy atom. The molecule has 1 aromatic heterocycles. The highest BCUT2D eigenvalue weighted by Gasteiger charge is 2.42. The molecule has 1 aliphatic carbocycles. The second-order valence-corrected chi connectivity index (χ2v) is 6.66. The van der Waals surface area contributed by atoms with E-state index < -0.39 is 17.5 Å². The van der Waals surface area contributed by atoms with Crippen molar-refractivity contribution in [2.75, 3.05) is 0 Å². The molecule has 0 radical (unpaired) electrons. The summed E-state index contributed by atoms with van der Waals surface area (Å²) in [6.07, 6.45) is 2.17. The zero-order chi connectivity index (χ0) is 17.6. The lowest BCUT2D eigenvalue weighted by atomic mass is 9.97. The molecule has 0 spiro atoms. The van der Waals surface area contributed by atoms with Crippen molar-refractivity contribution < 1.29 is 18.1 Å². The van der Waals surface area contributed by atoms with E-state index in [4.69, 9.17) is 4.52 Å². The molecule has 1 aliphatic heterocycles. The highest BCUT2D eigenvalue weighted by molar-refractivity contribution is 5.92. The van der Waals surface area contributed by atoms with E-state index in [1.807, 2.05) is 0 Å². The summed E-state index contributed by atoms with van der Waals surface area (Å²) in [4.78, 5) is 12.4. The van der Waals surface area contributed by atoms with Crippen molar-refractivity contribution in [3.8, 4) is 11.3 Å². The van der Waals surface area contributed by atoms with Crippen LogP contribution in [0.25, 0.3) is 11.3 Å². The standard InChI is InChI=1S/C17H18F2N4O2/c1-8-15(9-2-3-9)21-22-16(8)20-17(24)14-7-13(23-25-14)11-6-10(18)4-5-12(11)19/h4-9,15-16,21-22H,2-3H2,1H3,(H,20,24). The summed E-state index contributed by atoms with van der Waals surface area (Å²) in [5.74, 6) is -0.867. The lowest BCUT2D eigenvalue weighted by Gasteiger charge is -2.18. The molecule has 4 rings (SSSR count). The summed E-state index contributed by atoms with van der Waals surface area (Å²) in [6, 6.07) is 4.67. The van der Waals surface area contributed by atoms with Crippen LogP contribution in [0.4, 0.5) is 8.78 Å². The van der Waals surface area contributed by atoms with E-state index >= 15 is 0 Å². The van der Waals surface area contributed by atoms with Crippen molar-refractivity contribution >= 4 is 5.91 Å². The van der Waals surface area contributed by atoms with E-state index in [1.165, 1.54) is 18.9 Å². The highest BCUT2D eigenvalue weighted by Crippen LogP contribution is 2.37. The van der Waals surface area contributed by atoms with E-state index in [-0.39, 0.29) is 29.1 Å². The highest BCUT2D eigenvalue weighted by atomic mass is 19.1. The van der Waals surface area contributed by atoms with Gasteiger partial charge in [0, 0.05) is 23.6 Å². The lowest BCUT2D eigenvalue weighted by Crippen LogP contribution is -2.46. The summed E-state index contributed by atoms with van der Waals surface area (Å²) < 4.78 is 32.1. The minimum Gasteiger partial charge on any atom is -0.350 e. The Bertz CT molecular complexity index is 806. The maximum absolute atomic E-state index is 13.8. The van der Waals surface area contributed by atoms with Gasteiger partial charge in [-0.05, 0) is 37.0 Å². The Morgan fingerprint density at radius 1 is 1.28 bits per heavy atom. The molecule has 2 fully saturated rings. The van der Waals surface area contributed by atoms with Gasteiger partial charge in [-0.25, -0.2) is 14.2 Å². The minimum absolute atomic E-state index is 0.0503. The van der Waals surface area contributed by atoms with Crippen LogP contribution < -0.4 is 16.2 Å². The van der Waals surface area contributed by atoms with Crippen LogP contribution in [0.2, 0.25) is 0 Å². The third kappa shape index (κ3) is 3.14. The van der Waals surface area contributed by atoms with Crippen LogP contribution in [0, 0.1) is 23.5 Å². The van der Waals surface area contributed by atoms with Gasteiger partial charge in [-0.15, -0.1) is 0 Å². The topological polar surface area (TPSA) is 79.2 Å². The molecule has 0 bridgehead atoms. The summed E-state index contributed by atoms with van der Waals surface area (Å²) in [6.45, 7) is 2.06. The smallest absolute Gasteiger partial charge is 0.291 e. The van der Waals surface area contributed by atoms with E-state index in [0.717, 1.165) is 18.2 Å². The number of nitrogens with zero attached hydrogens (tertiary/aromatic N) is 1. The molecule has 8 heteroatoms. The Kier molecular flexibility index (Phi) is 4.01. The van der Waals surface area contributed by atoms with Crippen LogP contribution in [0.15, 0.2) is 28.8 Å². The molecule has 3 unspecified atom stereocenters. The van der Waals surface area contributed by atoms with Crippen molar-refractivity contribution in [1.29, 1.82) is 0 Å². The Hall–Kier alpha value is -2.32. The van der Waals surface area contributed by atoms with Gasteiger partial charge in [0.15, 0.2) is 0 Å². The molecule has 25 heavy (non-hydrogen) atoms. The van der Waals surface area contributed by atoms with Gasteiger partial charge in [-0.1, -0.05) is 12.1 Å². The maximum Gasteiger partial charge on any atom is 0.291 e. The van der Waals surface area contributed by atoms with Crippen LogP contribution in [0.1, 0.15) is 30.3 Å². The predicted molar refractivity (Wildman–Crippen MR) is 85.1 cm³/mol. The second-order valence-electron chi connectivity index (χ2n) is 6.66. The Morgan fingerprint density at radius 2 is 2.08 bits per heavy atom. The Labute approximate surface area is 142 Å². The number of amides is 1. The number of halogens is 2. The predicted octanol–water partition coefficient (Wildman–Crippen LogP) is 2.20. The molecule has 2 heterocycles. The molecule has 1 amide bonds. The van der Waals surface area contributed by atoms with Crippen LogP contribution >= 0.6 is 0 Å². The first kappa shape index (κ1) is 16.2. The largest absolute Gasteiger partial charge is 0.350 e. The van der Waals surface area contributed by atoms with E-state index in [1.54, 1.807) is 0 Å². The van der Waals surface area contributed by atoms with Gasteiger partial charge in [-0.2, -0.15) is 0 Å². The van der Waals surface area contributed by atoms with Crippen LogP contribution in [0.3, 0.4) is 0 Å². The summed E-state index contributed by atoms with van der Waals surface area (Å²) >= 11 is 0. The van der Waals surface area contributed by atoms with Crippen molar-refractivity contribution in [2.45, 2.75) is 32.0 Å². The normalized spacial score (nSPS) is 26.0. The molecule has 3 N–H and O–H groups in total. The molecular weight excluding hydrogens is 330 g/mol. The first-order valence-electron chi connectivity index (χ1n) is 8.27. The number of carbonyl (C=O) groups excluding carboxylic acids is 1. The monoisotopic (exact) mass is 348 g/mol. The quantitative estimate of drug-likeness (QED) is 0.789. The average Bonchev–Trinajstić information content (AvgIpc) is 3.19. The van der Waals surface area contributed by atoms with Gasteiger partial charge >= 0.3 is 0 Å². The zero-order valence-electron chi connectivity index (χ0n) is 13.6. The third-order valence-corrected chi connectivity index (χ3v) is 4.85. The second kappa shape index (κ2) is 6.20. The fourth-order valence-corrected chi connectivity index (χ4v) is 3.24. The number of hydrazine groups is 1. The maximum atomic E-state index is 13.8. The van der Waals surface area contributed by atoms with Crippen molar-refractivity contribution in [3.05, 3.63) is 41.7 Å². The van der Waals surface area contributed by atoms with Gasteiger partial charge in [0.1, 0.15) is 17.3 Å². The molecule has 1 aromatic carbocycles. The Balaban J connectivity index is 1.46.